The van der Waals surface area contributed by atoms with Crippen LogP contribution in [-0.2, 0) is 6.42 Å². The molecule has 1 atom stereocenters. The van der Waals surface area contributed by atoms with Crippen molar-refractivity contribution in [2.75, 3.05) is 5.33 Å². The lowest BCUT2D eigenvalue weighted by Crippen LogP contribution is -2.28. The van der Waals surface area contributed by atoms with Crippen molar-refractivity contribution in [3.8, 4) is 0 Å². The second kappa shape index (κ2) is 5.16. The Morgan fingerprint density at radius 2 is 2.00 bits per heavy atom. The van der Waals surface area contributed by atoms with Gasteiger partial charge in [0.25, 0.3) is 0 Å². The van der Waals surface area contributed by atoms with Gasteiger partial charge in [0.05, 0.1) is 0 Å². The Bertz CT molecular complexity index is 317. The van der Waals surface area contributed by atoms with E-state index in [2.05, 4.69) is 67.9 Å². The molecule has 15 heavy (non-hydrogen) atoms. The lowest BCUT2D eigenvalue weighted by atomic mass is 9.76. The molecular formula is C14H21Br. The van der Waals surface area contributed by atoms with Gasteiger partial charge in [-0.15, -0.1) is 0 Å². The number of rotatable bonds is 4. The van der Waals surface area contributed by atoms with Crippen molar-refractivity contribution < 1.29 is 0 Å². The van der Waals surface area contributed by atoms with Gasteiger partial charge in [-0.3, -0.25) is 0 Å². The van der Waals surface area contributed by atoms with Crippen LogP contribution in [0.3, 0.4) is 0 Å². The van der Waals surface area contributed by atoms with Crippen molar-refractivity contribution in [1.29, 1.82) is 0 Å². The second-order valence-electron chi connectivity index (χ2n) is 5.11. The monoisotopic (exact) mass is 268 g/mol. The number of halogens is 1. The van der Waals surface area contributed by atoms with E-state index in [4.69, 9.17) is 0 Å². The van der Waals surface area contributed by atoms with E-state index >= 15 is 0 Å². The topological polar surface area (TPSA) is 0 Å². The molecule has 0 heterocycles. The molecule has 1 rings (SSSR count). The second-order valence-corrected chi connectivity index (χ2v) is 5.67. The van der Waals surface area contributed by atoms with Crippen molar-refractivity contribution in [2.45, 2.75) is 34.1 Å². The maximum Gasteiger partial charge on any atom is 0.00909 e. The molecule has 1 heteroatoms. The van der Waals surface area contributed by atoms with Crippen LogP contribution in [0.4, 0.5) is 0 Å². The van der Waals surface area contributed by atoms with E-state index < -0.39 is 0 Å². The zero-order valence-corrected chi connectivity index (χ0v) is 11.8. The number of benzene rings is 1. The summed E-state index contributed by atoms with van der Waals surface area (Å²) in [5.74, 6) is 0.692. The largest absolute Gasteiger partial charge is 0.0922 e. The van der Waals surface area contributed by atoms with Gasteiger partial charge in [-0.05, 0) is 30.2 Å². The van der Waals surface area contributed by atoms with Crippen LogP contribution in [0.15, 0.2) is 24.3 Å². The van der Waals surface area contributed by atoms with Crippen LogP contribution in [0.1, 0.15) is 31.9 Å². The third-order valence-corrected chi connectivity index (χ3v) is 4.67. The van der Waals surface area contributed by atoms with E-state index in [1.54, 1.807) is 0 Å². The van der Waals surface area contributed by atoms with Gasteiger partial charge in [0.2, 0.25) is 0 Å². The minimum absolute atomic E-state index is 0.355. The van der Waals surface area contributed by atoms with Gasteiger partial charge in [0.1, 0.15) is 0 Å². The molecular weight excluding hydrogens is 248 g/mol. The van der Waals surface area contributed by atoms with Gasteiger partial charge in [0.15, 0.2) is 0 Å². The molecule has 0 aliphatic carbocycles. The average Bonchev–Trinajstić information content (AvgIpc) is 2.17. The summed E-state index contributed by atoms with van der Waals surface area (Å²) in [7, 11) is 0. The molecule has 0 nitrogen and oxygen atoms in total. The molecule has 1 aromatic rings. The standard InChI is InChI=1S/C14H21Br/c1-11(2)14(4,10-15)9-13-7-5-6-12(3)8-13/h5-8,11H,9-10H2,1-4H3. The molecule has 1 unspecified atom stereocenters. The van der Waals surface area contributed by atoms with Crippen molar-refractivity contribution in [3.05, 3.63) is 35.4 Å². The van der Waals surface area contributed by atoms with Gasteiger partial charge < -0.3 is 0 Å². The molecule has 0 saturated carbocycles. The first-order valence-electron chi connectivity index (χ1n) is 5.59. The highest BCUT2D eigenvalue weighted by atomic mass is 79.9. The van der Waals surface area contributed by atoms with Crippen molar-refractivity contribution in [1.82, 2.24) is 0 Å². The maximum absolute atomic E-state index is 3.65. The summed E-state index contributed by atoms with van der Waals surface area (Å²) in [5.41, 5.74) is 3.16. The summed E-state index contributed by atoms with van der Waals surface area (Å²) in [4.78, 5) is 0. The Balaban J connectivity index is 2.84. The zero-order chi connectivity index (χ0) is 11.5. The SMILES string of the molecule is Cc1cccc(CC(C)(CBr)C(C)C)c1. The fourth-order valence-corrected chi connectivity index (χ4v) is 2.54. The Morgan fingerprint density at radius 3 is 2.47 bits per heavy atom. The van der Waals surface area contributed by atoms with Crippen LogP contribution in [0.5, 0.6) is 0 Å². The summed E-state index contributed by atoms with van der Waals surface area (Å²) in [5, 5.41) is 1.06. The van der Waals surface area contributed by atoms with Crippen molar-refractivity contribution in [2.24, 2.45) is 11.3 Å². The Hall–Kier alpha value is -0.300. The summed E-state index contributed by atoms with van der Waals surface area (Å²) in [6.45, 7) is 9.12. The van der Waals surface area contributed by atoms with Crippen LogP contribution in [0.25, 0.3) is 0 Å². The van der Waals surface area contributed by atoms with Crippen LogP contribution in [0, 0.1) is 18.3 Å². The lowest BCUT2D eigenvalue weighted by Gasteiger charge is -2.32. The molecule has 0 N–H and O–H groups in total. The first kappa shape index (κ1) is 12.8. The number of hydrogen-bond donors (Lipinski definition) is 0. The summed E-state index contributed by atoms with van der Waals surface area (Å²) in [6, 6.07) is 8.84. The van der Waals surface area contributed by atoms with Gasteiger partial charge in [-0.25, -0.2) is 0 Å². The molecule has 0 spiro atoms. The van der Waals surface area contributed by atoms with Crippen LogP contribution >= 0.6 is 15.9 Å². The number of aryl methyl sites for hydroxylation is 1. The molecule has 0 bridgehead atoms. The zero-order valence-electron chi connectivity index (χ0n) is 10.2. The molecule has 0 aliphatic heterocycles. The molecule has 0 saturated heterocycles. The highest BCUT2D eigenvalue weighted by molar-refractivity contribution is 9.09. The fourth-order valence-electron chi connectivity index (χ4n) is 1.69. The van der Waals surface area contributed by atoms with Gasteiger partial charge >= 0.3 is 0 Å². The first-order valence-corrected chi connectivity index (χ1v) is 6.71. The number of hydrogen-bond acceptors (Lipinski definition) is 0. The Morgan fingerprint density at radius 1 is 1.33 bits per heavy atom. The van der Waals surface area contributed by atoms with Crippen molar-refractivity contribution >= 4 is 15.9 Å². The lowest BCUT2D eigenvalue weighted by molar-refractivity contribution is 0.258. The quantitative estimate of drug-likeness (QED) is 0.701. The normalized spacial score (nSPS) is 15.3. The number of alkyl halides is 1. The highest BCUT2D eigenvalue weighted by Gasteiger charge is 2.27. The predicted octanol–water partition coefficient (Wildman–Crippen LogP) is 4.59. The fraction of sp³-hybridized carbons (Fsp3) is 0.571. The molecule has 0 amide bonds. The highest BCUT2D eigenvalue weighted by Crippen LogP contribution is 2.33. The molecule has 1 aromatic carbocycles. The minimum atomic E-state index is 0.355. The smallest absolute Gasteiger partial charge is 0.00909 e. The molecule has 0 radical (unpaired) electrons. The molecule has 0 fully saturated rings. The van der Waals surface area contributed by atoms with Crippen LogP contribution < -0.4 is 0 Å². The van der Waals surface area contributed by atoms with Crippen LogP contribution in [0.2, 0.25) is 0 Å². The van der Waals surface area contributed by atoms with Crippen LogP contribution in [-0.4, -0.2) is 5.33 Å². The molecule has 84 valence electrons. The summed E-state index contributed by atoms with van der Waals surface area (Å²) in [6.07, 6.45) is 1.15. The minimum Gasteiger partial charge on any atom is -0.0922 e. The Kier molecular flexibility index (Phi) is 4.39. The van der Waals surface area contributed by atoms with E-state index in [0.717, 1.165) is 11.8 Å². The van der Waals surface area contributed by atoms with E-state index in [9.17, 15) is 0 Å². The Labute approximate surface area is 102 Å². The molecule has 0 aromatic heterocycles. The van der Waals surface area contributed by atoms with E-state index in [0.29, 0.717) is 11.3 Å². The predicted molar refractivity (Wildman–Crippen MR) is 71.6 cm³/mol. The maximum atomic E-state index is 3.65. The average molecular weight is 269 g/mol. The van der Waals surface area contributed by atoms with E-state index in [-0.39, 0.29) is 0 Å². The van der Waals surface area contributed by atoms with Crippen molar-refractivity contribution in [3.63, 3.8) is 0 Å². The van der Waals surface area contributed by atoms with Gasteiger partial charge in [-0.2, -0.15) is 0 Å². The van der Waals surface area contributed by atoms with Gasteiger partial charge in [0, 0.05) is 5.33 Å². The van der Waals surface area contributed by atoms with E-state index in [1.165, 1.54) is 11.1 Å². The first-order chi connectivity index (χ1) is 6.98. The third-order valence-electron chi connectivity index (χ3n) is 3.39. The van der Waals surface area contributed by atoms with Gasteiger partial charge in [-0.1, -0.05) is 66.5 Å². The third kappa shape index (κ3) is 3.34. The molecule has 0 aliphatic rings. The summed E-state index contributed by atoms with van der Waals surface area (Å²) >= 11 is 3.65. The van der Waals surface area contributed by atoms with E-state index in [1.807, 2.05) is 0 Å². The summed E-state index contributed by atoms with van der Waals surface area (Å²) < 4.78 is 0.